The third-order valence-corrected chi connectivity index (χ3v) is 3.00. The Kier molecular flexibility index (Phi) is 4.91. The molecule has 0 radical (unpaired) electrons. The SMILES string of the molecule is COC(c1noc(CC(C)(C)CC(=O)O)n1)C(C)(C)C. The van der Waals surface area contributed by atoms with E-state index in [0.717, 1.165) is 0 Å². The first-order chi connectivity index (χ1) is 9.05. The highest BCUT2D eigenvalue weighted by atomic mass is 16.5. The summed E-state index contributed by atoms with van der Waals surface area (Å²) < 4.78 is 10.7. The second kappa shape index (κ2) is 5.91. The minimum Gasteiger partial charge on any atom is -0.481 e. The summed E-state index contributed by atoms with van der Waals surface area (Å²) in [5, 5.41) is 12.8. The molecule has 6 nitrogen and oxygen atoms in total. The van der Waals surface area contributed by atoms with Crippen LogP contribution in [0.1, 0.15) is 58.9 Å². The molecule has 1 rings (SSSR count). The molecular formula is C14H24N2O4. The van der Waals surface area contributed by atoms with E-state index in [-0.39, 0.29) is 17.9 Å². The molecule has 0 saturated carbocycles. The van der Waals surface area contributed by atoms with Crippen molar-refractivity contribution in [1.82, 2.24) is 10.1 Å². The van der Waals surface area contributed by atoms with Crippen LogP contribution in [0.2, 0.25) is 0 Å². The zero-order valence-corrected chi connectivity index (χ0v) is 13.1. The number of carboxylic acids is 1. The lowest BCUT2D eigenvalue weighted by Crippen LogP contribution is -2.22. The molecule has 1 unspecified atom stereocenters. The first-order valence-corrected chi connectivity index (χ1v) is 6.62. The van der Waals surface area contributed by atoms with Gasteiger partial charge in [0.2, 0.25) is 11.7 Å². The van der Waals surface area contributed by atoms with Gasteiger partial charge in [-0.25, -0.2) is 0 Å². The fourth-order valence-electron chi connectivity index (χ4n) is 2.17. The highest BCUT2D eigenvalue weighted by Crippen LogP contribution is 2.34. The third kappa shape index (κ3) is 4.59. The molecule has 0 amide bonds. The number of carbonyl (C=O) groups is 1. The predicted molar refractivity (Wildman–Crippen MR) is 73.2 cm³/mol. The molecule has 0 aliphatic rings. The van der Waals surface area contributed by atoms with Crippen molar-refractivity contribution in [3.05, 3.63) is 11.7 Å². The molecule has 0 fully saturated rings. The Labute approximate surface area is 119 Å². The van der Waals surface area contributed by atoms with Crippen molar-refractivity contribution in [1.29, 1.82) is 0 Å². The van der Waals surface area contributed by atoms with E-state index in [1.54, 1.807) is 7.11 Å². The highest BCUT2D eigenvalue weighted by Gasteiger charge is 2.32. The summed E-state index contributed by atoms with van der Waals surface area (Å²) in [5.74, 6) is 0.109. The van der Waals surface area contributed by atoms with Crippen LogP contribution < -0.4 is 0 Å². The summed E-state index contributed by atoms with van der Waals surface area (Å²) in [6.07, 6.45) is 0.215. The minimum atomic E-state index is -0.834. The van der Waals surface area contributed by atoms with Crippen molar-refractivity contribution in [3.63, 3.8) is 0 Å². The van der Waals surface area contributed by atoms with Crippen LogP contribution in [-0.4, -0.2) is 28.3 Å². The lowest BCUT2D eigenvalue weighted by Gasteiger charge is -2.26. The normalized spacial score (nSPS) is 14.3. The van der Waals surface area contributed by atoms with Crippen molar-refractivity contribution in [2.24, 2.45) is 10.8 Å². The molecular weight excluding hydrogens is 260 g/mol. The molecule has 0 aliphatic carbocycles. The van der Waals surface area contributed by atoms with Crippen LogP contribution in [-0.2, 0) is 16.0 Å². The molecule has 6 heteroatoms. The van der Waals surface area contributed by atoms with Crippen molar-refractivity contribution in [2.75, 3.05) is 7.11 Å². The Balaban J connectivity index is 2.84. The van der Waals surface area contributed by atoms with Crippen LogP contribution in [0, 0.1) is 10.8 Å². The first kappa shape index (κ1) is 16.6. The molecule has 0 bridgehead atoms. The lowest BCUT2D eigenvalue weighted by atomic mass is 9.85. The van der Waals surface area contributed by atoms with Crippen LogP contribution >= 0.6 is 0 Å². The quantitative estimate of drug-likeness (QED) is 0.864. The van der Waals surface area contributed by atoms with Gasteiger partial charge in [0.1, 0.15) is 6.10 Å². The van der Waals surface area contributed by atoms with Gasteiger partial charge in [-0.1, -0.05) is 39.8 Å². The van der Waals surface area contributed by atoms with E-state index in [1.165, 1.54) is 0 Å². The fraction of sp³-hybridized carbons (Fsp3) is 0.786. The minimum absolute atomic E-state index is 0.0533. The van der Waals surface area contributed by atoms with Gasteiger partial charge in [-0.3, -0.25) is 4.79 Å². The van der Waals surface area contributed by atoms with Crippen molar-refractivity contribution >= 4 is 5.97 Å². The van der Waals surface area contributed by atoms with Crippen molar-refractivity contribution < 1.29 is 19.2 Å². The summed E-state index contributed by atoms with van der Waals surface area (Å²) in [4.78, 5) is 15.2. The van der Waals surface area contributed by atoms with Crippen LogP contribution in [0.15, 0.2) is 4.52 Å². The van der Waals surface area contributed by atoms with E-state index in [4.69, 9.17) is 14.4 Å². The van der Waals surface area contributed by atoms with Gasteiger partial charge in [0.15, 0.2) is 0 Å². The molecule has 114 valence electrons. The number of rotatable bonds is 6. The van der Waals surface area contributed by atoms with Gasteiger partial charge in [-0.2, -0.15) is 4.98 Å². The average molecular weight is 284 g/mol. The van der Waals surface area contributed by atoms with E-state index in [9.17, 15) is 4.79 Å². The summed E-state index contributed by atoms with van der Waals surface area (Å²) in [7, 11) is 1.61. The predicted octanol–water partition coefficient (Wildman–Crippen LogP) is 2.85. The van der Waals surface area contributed by atoms with Crippen molar-refractivity contribution in [2.45, 2.75) is 53.6 Å². The largest absolute Gasteiger partial charge is 0.481 e. The number of nitrogens with zero attached hydrogens (tertiary/aromatic N) is 2. The monoisotopic (exact) mass is 284 g/mol. The maximum absolute atomic E-state index is 10.8. The maximum Gasteiger partial charge on any atom is 0.303 e. The molecule has 0 aliphatic heterocycles. The molecule has 1 aromatic heterocycles. The second-order valence-electron chi connectivity index (χ2n) is 6.94. The van der Waals surface area contributed by atoms with Gasteiger partial charge < -0.3 is 14.4 Å². The van der Waals surface area contributed by atoms with Crippen LogP contribution in [0.4, 0.5) is 0 Å². The number of aliphatic carboxylic acids is 1. The summed E-state index contributed by atoms with van der Waals surface area (Å²) >= 11 is 0. The Bertz CT molecular complexity index is 460. The molecule has 0 aromatic carbocycles. The molecule has 1 N–H and O–H groups in total. The molecule has 1 aromatic rings. The smallest absolute Gasteiger partial charge is 0.303 e. The summed E-state index contributed by atoms with van der Waals surface area (Å²) in [6, 6.07) is 0. The zero-order valence-electron chi connectivity index (χ0n) is 13.1. The van der Waals surface area contributed by atoms with Gasteiger partial charge in [-0.05, 0) is 10.8 Å². The van der Waals surface area contributed by atoms with Gasteiger partial charge in [-0.15, -0.1) is 0 Å². The number of methoxy groups -OCH3 is 1. The fourth-order valence-corrected chi connectivity index (χ4v) is 2.17. The Hall–Kier alpha value is -1.43. The topological polar surface area (TPSA) is 85.5 Å². The van der Waals surface area contributed by atoms with E-state index in [0.29, 0.717) is 18.1 Å². The third-order valence-electron chi connectivity index (χ3n) is 3.00. The number of ether oxygens (including phenoxy) is 1. The number of carboxylic acid groups (broad SMARTS) is 1. The number of hydrogen-bond donors (Lipinski definition) is 1. The standard InChI is InChI=1S/C14H24N2O4/c1-13(2,3)11(19-6)12-15-9(20-16-12)7-14(4,5)8-10(17)18/h11H,7-8H2,1-6H3,(H,17,18). The van der Waals surface area contributed by atoms with E-state index in [1.807, 2.05) is 34.6 Å². The summed E-state index contributed by atoms with van der Waals surface area (Å²) in [5.41, 5.74) is -0.577. The highest BCUT2D eigenvalue weighted by molar-refractivity contribution is 5.67. The number of aromatic nitrogens is 2. The van der Waals surface area contributed by atoms with E-state index < -0.39 is 11.4 Å². The van der Waals surface area contributed by atoms with Crippen LogP contribution in [0.3, 0.4) is 0 Å². The maximum atomic E-state index is 10.8. The number of hydrogen-bond acceptors (Lipinski definition) is 5. The van der Waals surface area contributed by atoms with Gasteiger partial charge in [0.05, 0.1) is 6.42 Å². The van der Waals surface area contributed by atoms with Crippen molar-refractivity contribution in [3.8, 4) is 0 Å². The molecule has 20 heavy (non-hydrogen) atoms. The van der Waals surface area contributed by atoms with Crippen LogP contribution in [0.25, 0.3) is 0 Å². The Morgan fingerprint density at radius 3 is 2.40 bits per heavy atom. The first-order valence-electron chi connectivity index (χ1n) is 6.62. The summed E-state index contributed by atoms with van der Waals surface area (Å²) in [6.45, 7) is 9.83. The van der Waals surface area contributed by atoms with Crippen LogP contribution in [0.5, 0.6) is 0 Å². The Morgan fingerprint density at radius 1 is 1.35 bits per heavy atom. The molecule has 0 saturated heterocycles. The lowest BCUT2D eigenvalue weighted by molar-refractivity contribution is -0.139. The zero-order chi connectivity index (χ0) is 15.6. The van der Waals surface area contributed by atoms with E-state index >= 15 is 0 Å². The van der Waals surface area contributed by atoms with Gasteiger partial charge >= 0.3 is 5.97 Å². The molecule has 1 atom stereocenters. The average Bonchev–Trinajstić information content (AvgIpc) is 2.61. The molecule has 0 spiro atoms. The Morgan fingerprint density at radius 2 is 1.95 bits per heavy atom. The molecule has 1 heterocycles. The van der Waals surface area contributed by atoms with Gasteiger partial charge in [0.25, 0.3) is 0 Å². The second-order valence-corrected chi connectivity index (χ2v) is 6.94. The van der Waals surface area contributed by atoms with Gasteiger partial charge in [0, 0.05) is 13.5 Å². The van der Waals surface area contributed by atoms with E-state index in [2.05, 4.69) is 10.1 Å².